The fourth-order valence-electron chi connectivity index (χ4n) is 2.14. The van der Waals surface area contributed by atoms with E-state index in [1.165, 1.54) is 11.1 Å². The van der Waals surface area contributed by atoms with E-state index < -0.39 is 0 Å². The van der Waals surface area contributed by atoms with E-state index in [9.17, 15) is 0 Å². The van der Waals surface area contributed by atoms with Crippen molar-refractivity contribution in [3.63, 3.8) is 0 Å². The number of hydrogen-bond acceptors (Lipinski definition) is 4. The zero-order valence-electron chi connectivity index (χ0n) is 12.6. The Balaban J connectivity index is 2.50. The van der Waals surface area contributed by atoms with E-state index in [-0.39, 0.29) is 5.84 Å². The smallest absolute Gasteiger partial charge is 0.173 e. The number of aryl methyl sites for hydroxylation is 4. The molecule has 4 nitrogen and oxygen atoms in total. The SMILES string of the molecule is Cc1cc(Sc2ccc(C)c(C)c2)c(/C(N)=N/O)c(C)n1. The van der Waals surface area contributed by atoms with Crippen LogP contribution in [0.3, 0.4) is 0 Å². The maximum Gasteiger partial charge on any atom is 0.173 e. The van der Waals surface area contributed by atoms with Crippen molar-refractivity contribution < 1.29 is 5.21 Å². The first-order valence-corrected chi connectivity index (χ1v) is 7.45. The van der Waals surface area contributed by atoms with Gasteiger partial charge in [-0.05, 0) is 57.0 Å². The van der Waals surface area contributed by atoms with Gasteiger partial charge in [-0.2, -0.15) is 0 Å². The molecule has 3 N–H and O–H groups in total. The van der Waals surface area contributed by atoms with E-state index in [4.69, 9.17) is 10.9 Å². The van der Waals surface area contributed by atoms with Crippen molar-refractivity contribution in [3.8, 4) is 0 Å². The minimum atomic E-state index is 0.0892. The molecule has 0 radical (unpaired) electrons. The van der Waals surface area contributed by atoms with Crippen molar-refractivity contribution in [2.45, 2.75) is 37.5 Å². The van der Waals surface area contributed by atoms with Crippen LogP contribution in [0.5, 0.6) is 0 Å². The molecular formula is C16H19N3OS. The zero-order valence-corrected chi connectivity index (χ0v) is 13.5. The maximum atomic E-state index is 8.98. The molecule has 0 unspecified atom stereocenters. The molecule has 2 rings (SSSR count). The highest BCUT2D eigenvalue weighted by Crippen LogP contribution is 2.33. The number of benzene rings is 1. The molecule has 5 heteroatoms. The highest BCUT2D eigenvalue weighted by atomic mass is 32.2. The Morgan fingerprint density at radius 2 is 1.86 bits per heavy atom. The van der Waals surface area contributed by atoms with E-state index in [2.05, 4.69) is 42.2 Å². The molecule has 0 fully saturated rings. The number of amidine groups is 1. The molecule has 1 aromatic carbocycles. The first-order chi connectivity index (χ1) is 9.92. The van der Waals surface area contributed by atoms with Gasteiger partial charge in [-0.1, -0.05) is 23.0 Å². The number of hydrogen-bond donors (Lipinski definition) is 2. The lowest BCUT2D eigenvalue weighted by Crippen LogP contribution is -2.17. The molecule has 21 heavy (non-hydrogen) atoms. The molecule has 2 aromatic rings. The molecule has 0 saturated carbocycles. The van der Waals surface area contributed by atoms with Gasteiger partial charge in [0.15, 0.2) is 5.84 Å². The van der Waals surface area contributed by atoms with Gasteiger partial charge < -0.3 is 10.9 Å². The van der Waals surface area contributed by atoms with Crippen LogP contribution < -0.4 is 5.73 Å². The van der Waals surface area contributed by atoms with Crippen LogP contribution in [-0.2, 0) is 0 Å². The lowest BCUT2D eigenvalue weighted by molar-refractivity contribution is 0.318. The Labute approximate surface area is 129 Å². The van der Waals surface area contributed by atoms with E-state index >= 15 is 0 Å². The number of aromatic nitrogens is 1. The van der Waals surface area contributed by atoms with Gasteiger partial charge in [-0.3, -0.25) is 4.98 Å². The summed E-state index contributed by atoms with van der Waals surface area (Å²) in [4.78, 5) is 6.45. The monoisotopic (exact) mass is 301 g/mol. The van der Waals surface area contributed by atoms with Crippen molar-refractivity contribution in [1.82, 2.24) is 4.98 Å². The third-order valence-electron chi connectivity index (χ3n) is 3.36. The van der Waals surface area contributed by atoms with Crippen LogP contribution in [0, 0.1) is 27.7 Å². The summed E-state index contributed by atoms with van der Waals surface area (Å²) in [5.74, 6) is 0.0892. The van der Waals surface area contributed by atoms with Gasteiger partial charge in [0.1, 0.15) is 0 Å². The van der Waals surface area contributed by atoms with Crippen LogP contribution in [0.15, 0.2) is 39.2 Å². The average molecular weight is 301 g/mol. The predicted octanol–water partition coefficient (Wildman–Crippen LogP) is 3.56. The summed E-state index contributed by atoms with van der Waals surface area (Å²) in [6, 6.07) is 8.28. The molecule has 0 bridgehead atoms. The number of nitrogens with zero attached hydrogens (tertiary/aromatic N) is 2. The van der Waals surface area contributed by atoms with Crippen molar-refractivity contribution in [2.24, 2.45) is 10.9 Å². The van der Waals surface area contributed by atoms with Crippen LogP contribution in [0.2, 0.25) is 0 Å². The number of oxime groups is 1. The summed E-state index contributed by atoms with van der Waals surface area (Å²) in [5, 5.41) is 12.1. The van der Waals surface area contributed by atoms with Crippen molar-refractivity contribution in [1.29, 1.82) is 0 Å². The fraction of sp³-hybridized carbons (Fsp3) is 0.250. The summed E-state index contributed by atoms with van der Waals surface area (Å²) < 4.78 is 0. The van der Waals surface area contributed by atoms with E-state index in [0.717, 1.165) is 21.2 Å². The number of nitrogens with two attached hydrogens (primary N) is 1. The third-order valence-corrected chi connectivity index (χ3v) is 4.39. The Morgan fingerprint density at radius 3 is 2.48 bits per heavy atom. The maximum absolute atomic E-state index is 8.98. The van der Waals surface area contributed by atoms with E-state index in [1.54, 1.807) is 11.8 Å². The van der Waals surface area contributed by atoms with Gasteiger partial charge >= 0.3 is 0 Å². The lowest BCUT2D eigenvalue weighted by atomic mass is 10.1. The molecule has 0 atom stereocenters. The lowest BCUT2D eigenvalue weighted by Gasteiger charge is -2.12. The quantitative estimate of drug-likeness (QED) is 0.393. The molecule has 110 valence electrons. The summed E-state index contributed by atoms with van der Waals surface area (Å²) in [6.45, 7) is 7.98. The summed E-state index contributed by atoms with van der Waals surface area (Å²) >= 11 is 1.60. The molecule has 0 saturated heterocycles. The molecule has 0 spiro atoms. The second-order valence-electron chi connectivity index (χ2n) is 5.06. The molecule has 1 aromatic heterocycles. The summed E-state index contributed by atoms with van der Waals surface area (Å²) in [6.07, 6.45) is 0. The van der Waals surface area contributed by atoms with Crippen molar-refractivity contribution in [2.75, 3.05) is 0 Å². The van der Waals surface area contributed by atoms with Crippen LogP contribution in [0.25, 0.3) is 0 Å². The Hall–Kier alpha value is -2.01. The largest absolute Gasteiger partial charge is 0.409 e. The minimum absolute atomic E-state index is 0.0892. The number of pyridine rings is 1. The van der Waals surface area contributed by atoms with Gasteiger partial charge in [0.25, 0.3) is 0 Å². The average Bonchev–Trinajstić information content (AvgIpc) is 2.41. The molecule has 0 aliphatic carbocycles. The van der Waals surface area contributed by atoms with Crippen LogP contribution in [-0.4, -0.2) is 16.0 Å². The molecule has 0 aliphatic heterocycles. The van der Waals surface area contributed by atoms with Crippen LogP contribution in [0.1, 0.15) is 28.1 Å². The summed E-state index contributed by atoms with van der Waals surface area (Å²) in [5.41, 5.74) is 10.7. The van der Waals surface area contributed by atoms with Crippen LogP contribution in [0.4, 0.5) is 0 Å². The van der Waals surface area contributed by atoms with Gasteiger partial charge in [0.05, 0.1) is 5.56 Å². The van der Waals surface area contributed by atoms with E-state index in [0.29, 0.717) is 5.56 Å². The zero-order chi connectivity index (χ0) is 15.6. The molecule has 0 aliphatic rings. The summed E-state index contributed by atoms with van der Waals surface area (Å²) in [7, 11) is 0. The van der Waals surface area contributed by atoms with Gasteiger partial charge in [0.2, 0.25) is 0 Å². The highest BCUT2D eigenvalue weighted by Gasteiger charge is 2.14. The van der Waals surface area contributed by atoms with Gasteiger partial charge in [0, 0.05) is 21.2 Å². The Bertz CT molecular complexity index is 711. The topological polar surface area (TPSA) is 71.5 Å². The highest BCUT2D eigenvalue weighted by molar-refractivity contribution is 7.99. The Kier molecular flexibility index (Phi) is 4.53. The van der Waals surface area contributed by atoms with Crippen LogP contribution >= 0.6 is 11.8 Å². The van der Waals surface area contributed by atoms with E-state index in [1.807, 2.05) is 19.9 Å². The Morgan fingerprint density at radius 1 is 1.14 bits per heavy atom. The van der Waals surface area contributed by atoms with Crippen molar-refractivity contribution >= 4 is 17.6 Å². The fourth-order valence-corrected chi connectivity index (χ4v) is 3.35. The van der Waals surface area contributed by atoms with Crippen molar-refractivity contribution in [3.05, 3.63) is 52.3 Å². The molecular weight excluding hydrogens is 282 g/mol. The predicted molar refractivity (Wildman–Crippen MR) is 86.3 cm³/mol. The minimum Gasteiger partial charge on any atom is -0.409 e. The molecule has 0 amide bonds. The third kappa shape index (κ3) is 3.36. The first-order valence-electron chi connectivity index (χ1n) is 6.63. The normalized spacial score (nSPS) is 11.7. The van der Waals surface area contributed by atoms with Gasteiger partial charge in [-0.15, -0.1) is 0 Å². The molecule has 1 heterocycles. The number of rotatable bonds is 3. The second-order valence-corrected chi connectivity index (χ2v) is 6.17. The van der Waals surface area contributed by atoms with Gasteiger partial charge in [-0.25, -0.2) is 0 Å². The second kappa shape index (κ2) is 6.18. The first kappa shape index (κ1) is 15.4. The standard InChI is InChI=1S/C16H19N3OS/c1-9-5-6-13(7-10(9)2)21-14-8-11(3)18-12(4)15(14)16(17)19-20/h5-8,20H,1-4H3,(H2,17,19).